The minimum Gasteiger partial charge on any atom is -0.497 e. The number of sulfonamides is 1. The minimum absolute atomic E-state index is 0.221. The molecule has 0 fully saturated rings. The summed E-state index contributed by atoms with van der Waals surface area (Å²) in [5.41, 5.74) is 9.79. The van der Waals surface area contributed by atoms with Gasteiger partial charge in [0.15, 0.2) is 0 Å². The zero-order valence-electron chi connectivity index (χ0n) is 14.4. The summed E-state index contributed by atoms with van der Waals surface area (Å²) in [5.74, 6) is 0.765. The first-order valence-electron chi connectivity index (χ1n) is 7.92. The van der Waals surface area contributed by atoms with Crippen LogP contribution in [0.25, 0.3) is 22.2 Å². The lowest BCUT2D eigenvalue weighted by Crippen LogP contribution is -2.18. The molecule has 25 heavy (non-hydrogen) atoms. The van der Waals surface area contributed by atoms with E-state index in [-0.39, 0.29) is 4.90 Å². The smallest absolute Gasteiger partial charge is 0.240 e. The van der Waals surface area contributed by atoms with Crippen molar-refractivity contribution in [3.63, 3.8) is 0 Å². The number of benzene rings is 2. The molecule has 1 heterocycles. The van der Waals surface area contributed by atoms with Crippen molar-refractivity contribution in [3.05, 3.63) is 42.5 Å². The Balaban J connectivity index is 2.20. The largest absolute Gasteiger partial charge is 0.497 e. The molecule has 0 spiro atoms. The number of nitrogens with one attached hydrogen (secondary N) is 1. The summed E-state index contributed by atoms with van der Waals surface area (Å²) < 4.78 is 33.5. The third-order valence-electron chi connectivity index (χ3n) is 4.33. The summed E-state index contributed by atoms with van der Waals surface area (Å²) in [6.45, 7) is 2.77. The molecule has 0 aliphatic heterocycles. The van der Waals surface area contributed by atoms with Gasteiger partial charge in [-0.25, -0.2) is 13.1 Å². The van der Waals surface area contributed by atoms with Gasteiger partial charge in [0, 0.05) is 23.6 Å². The fraction of sp³-hybridized carbons (Fsp3) is 0.222. The van der Waals surface area contributed by atoms with Gasteiger partial charge in [-0.3, -0.25) is 0 Å². The quantitative estimate of drug-likeness (QED) is 0.733. The van der Waals surface area contributed by atoms with E-state index in [0.29, 0.717) is 5.69 Å². The number of rotatable bonds is 5. The van der Waals surface area contributed by atoms with E-state index >= 15 is 0 Å². The Morgan fingerprint density at radius 1 is 1.16 bits per heavy atom. The summed E-state index contributed by atoms with van der Waals surface area (Å²) in [6, 6.07) is 12.5. The SMILES string of the molecule is CCn1c(-c2ccc(S(=O)(=O)NC)cc2)c(N)c2ccc(OC)cc21. The molecular formula is C18H21N3O3S. The number of fused-ring (bicyclic) bond motifs is 1. The standard InChI is InChI=1S/C18H21N3O3S/c1-4-21-16-11-13(24-3)7-10-15(16)17(19)18(21)12-5-8-14(9-6-12)25(22,23)20-2/h5-11,20H,4,19H2,1-3H3. The van der Waals surface area contributed by atoms with Crippen LogP contribution < -0.4 is 15.2 Å². The van der Waals surface area contributed by atoms with Crippen LogP contribution >= 0.6 is 0 Å². The number of hydrogen-bond acceptors (Lipinski definition) is 4. The van der Waals surface area contributed by atoms with Crippen molar-refractivity contribution < 1.29 is 13.2 Å². The van der Waals surface area contributed by atoms with E-state index in [0.717, 1.165) is 34.5 Å². The van der Waals surface area contributed by atoms with E-state index in [4.69, 9.17) is 10.5 Å². The predicted octanol–water partition coefficient (Wildman–Crippen LogP) is 2.83. The Bertz CT molecular complexity index is 1020. The van der Waals surface area contributed by atoms with Crippen LogP contribution in [0.1, 0.15) is 6.92 Å². The first-order valence-corrected chi connectivity index (χ1v) is 9.41. The van der Waals surface area contributed by atoms with Crippen LogP contribution in [0.3, 0.4) is 0 Å². The Morgan fingerprint density at radius 3 is 2.40 bits per heavy atom. The van der Waals surface area contributed by atoms with Crippen LogP contribution in [-0.4, -0.2) is 27.1 Å². The third kappa shape index (κ3) is 2.85. The molecule has 0 saturated heterocycles. The fourth-order valence-electron chi connectivity index (χ4n) is 3.03. The molecular weight excluding hydrogens is 338 g/mol. The summed E-state index contributed by atoms with van der Waals surface area (Å²) in [6.07, 6.45) is 0. The number of aromatic nitrogens is 1. The average Bonchev–Trinajstić information content (AvgIpc) is 2.93. The average molecular weight is 359 g/mol. The van der Waals surface area contributed by atoms with E-state index in [2.05, 4.69) is 9.29 Å². The molecule has 3 aromatic rings. The highest BCUT2D eigenvalue weighted by atomic mass is 32.2. The summed E-state index contributed by atoms with van der Waals surface area (Å²) >= 11 is 0. The molecule has 3 rings (SSSR count). The third-order valence-corrected chi connectivity index (χ3v) is 5.76. The normalized spacial score (nSPS) is 11.8. The highest BCUT2D eigenvalue weighted by Crippen LogP contribution is 2.37. The van der Waals surface area contributed by atoms with Crippen LogP contribution in [-0.2, 0) is 16.6 Å². The number of aryl methyl sites for hydroxylation is 1. The Kier molecular flexibility index (Phi) is 4.45. The summed E-state index contributed by atoms with van der Waals surface area (Å²) in [4.78, 5) is 0.221. The maximum Gasteiger partial charge on any atom is 0.240 e. The van der Waals surface area contributed by atoms with Gasteiger partial charge in [-0.05, 0) is 38.2 Å². The maximum atomic E-state index is 11.9. The summed E-state index contributed by atoms with van der Waals surface area (Å²) in [7, 11) is -0.438. The first-order chi connectivity index (χ1) is 11.9. The van der Waals surface area contributed by atoms with Crippen LogP contribution in [0.5, 0.6) is 5.75 Å². The first kappa shape index (κ1) is 17.3. The number of nitrogen functional groups attached to an aromatic ring is 1. The van der Waals surface area contributed by atoms with Gasteiger partial charge in [-0.15, -0.1) is 0 Å². The number of nitrogens with two attached hydrogens (primary N) is 1. The van der Waals surface area contributed by atoms with E-state index in [1.165, 1.54) is 7.05 Å². The van der Waals surface area contributed by atoms with Gasteiger partial charge in [0.1, 0.15) is 5.75 Å². The number of anilines is 1. The molecule has 0 aliphatic rings. The lowest BCUT2D eigenvalue weighted by molar-refractivity contribution is 0.415. The number of hydrogen-bond donors (Lipinski definition) is 2. The second-order valence-corrected chi connectivity index (χ2v) is 7.51. The highest BCUT2D eigenvalue weighted by molar-refractivity contribution is 7.89. The minimum atomic E-state index is -3.46. The molecule has 0 saturated carbocycles. The van der Waals surface area contributed by atoms with Crippen LogP contribution in [0, 0.1) is 0 Å². The molecule has 0 bridgehead atoms. The highest BCUT2D eigenvalue weighted by Gasteiger charge is 2.17. The molecule has 0 amide bonds. The van der Waals surface area contributed by atoms with E-state index < -0.39 is 10.0 Å². The van der Waals surface area contributed by atoms with Gasteiger partial charge in [0.25, 0.3) is 0 Å². The van der Waals surface area contributed by atoms with Crippen molar-refractivity contribution in [2.24, 2.45) is 0 Å². The molecule has 132 valence electrons. The predicted molar refractivity (Wildman–Crippen MR) is 100 cm³/mol. The Morgan fingerprint density at radius 2 is 1.84 bits per heavy atom. The van der Waals surface area contributed by atoms with Crippen LogP contribution in [0.4, 0.5) is 5.69 Å². The van der Waals surface area contributed by atoms with Crippen molar-refractivity contribution in [2.75, 3.05) is 19.9 Å². The Labute approximate surface area is 147 Å². The molecule has 1 aromatic heterocycles. The number of ether oxygens (including phenoxy) is 1. The van der Waals surface area contributed by atoms with Crippen LogP contribution in [0.15, 0.2) is 47.4 Å². The fourth-order valence-corrected chi connectivity index (χ4v) is 3.76. The Hall–Kier alpha value is -2.51. The van der Waals surface area contributed by atoms with Gasteiger partial charge >= 0.3 is 0 Å². The molecule has 0 unspecified atom stereocenters. The van der Waals surface area contributed by atoms with Gasteiger partial charge < -0.3 is 15.0 Å². The molecule has 6 nitrogen and oxygen atoms in total. The second-order valence-electron chi connectivity index (χ2n) is 5.62. The van der Waals surface area contributed by atoms with Crippen molar-refractivity contribution in [1.82, 2.24) is 9.29 Å². The lowest BCUT2D eigenvalue weighted by Gasteiger charge is -2.10. The monoisotopic (exact) mass is 359 g/mol. The van der Waals surface area contributed by atoms with E-state index in [1.54, 1.807) is 31.4 Å². The zero-order chi connectivity index (χ0) is 18.2. The molecule has 0 radical (unpaired) electrons. The topological polar surface area (TPSA) is 86.4 Å². The van der Waals surface area contributed by atoms with Gasteiger partial charge in [0.2, 0.25) is 10.0 Å². The second kappa shape index (κ2) is 6.42. The van der Waals surface area contributed by atoms with Gasteiger partial charge in [0.05, 0.1) is 28.9 Å². The van der Waals surface area contributed by atoms with Crippen molar-refractivity contribution in [1.29, 1.82) is 0 Å². The number of methoxy groups -OCH3 is 1. The van der Waals surface area contributed by atoms with E-state index in [1.807, 2.05) is 25.1 Å². The number of nitrogens with zero attached hydrogens (tertiary/aromatic N) is 1. The van der Waals surface area contributed by atoms with Crippen molar-refractivity contribution >= 4 is 26.6 Å². The molecule has 7 heteroatoms. The molecule has 2 aromatic carbocycles. The molecule has 3 N–H and O–H groups in total. The lowest BCUT2D eigenvalue weighted by atomic mass is 10.1. The van der Waals surface area contributed by atoms with Gasteiger partial charge in [-0.2, -0.15) is 0 Å². The van der Waals surface area contributed by atoms with Crippen molar-refractivity contribution in [3.8, 4) is 17.0 Å². The zero-order valence-corrected chi connectivity index (χ0v) is 15.2. The van der Waals surface area contributed by atoms with Crippen LogP contribution in [0.2, 0.25) is 0 Å². The van der Waals surface area contributed by atoms with Crippen molar-refractivity contribution in [2.45, 2.75) is 18.4 Å². The molecule has 0 aliphatic carbocycles. The maximum absolute atomic E-state index is 11.9. The van der Waals surface area contributed by atoms with E-state index in [9.17, 15) is 8.42 Å². The molecule has 0 atom stereocenters. The van der Waals surface area contributed by atoms with Gasteiger partial charge in [-0.1, -0.05) is 12.1 Å². The summed E-state index contributed by atoms with van der Waals surface area (Å²) in [5, 5.41) is 0.949.